The minimum Gasteiger partial charge on any atom is -0.503 e. The van der Waals surface area contributed by atoms with Gasteiger partial charge in [-0.3, -0.25) is 4.79 Å². The number of halogens is 2. The van der Waals surface area contributed by atoms with Crippen molar-refractivity contribution < 1.29 is 23.4 Å². The zero-order valence-corrected chi connectivity index (χ0v) is 17.4. The smallest absolute Gasteiger partial charge is 0.248 e. The Morgan fingerprint density at radius 1 is 0.969 bits per heavy atom. The Labute approximate surface area is 183 Å². The number of methoxy groups -OCH3 is 1. The number of carbonyl (C=O) groups excluding carboxylic acids is 1. The molecule has 1 heterocycles. The molecule has 1 amide bonds. The Balaban J connectivity index is 1.98. The van der Waals surface area contributed by atoms with Gasteiger partial charge in [0.2, 0.25) is 5.91 Å². The zero-order valence-electron chi connectivity index (χ0n) is 17.4. The summed E-state index contributed by atoms with van der Waals surface area (Å²) in [4.78, 5) is 11.6. The van der Waals surface area contributed by atoms with Crippen LogP contribution >= 0.6 is 0 Å². The van der Waals surface area contributed by atoms with Crippen molar-refractivity contribution in [1.82, 2.24) is 4.57 Å². The number of phenolic OH excluding ortho intramolecular Hbond substituents is 1. The molecule has 0 atom stereocenters. The molecule has 0 radical (unpaired) electrons. The first-order valence-electron chi connectivity index (χ1n) is 9.75. The molecule has 0 aliphatic rings. The van der Waals surface area contributed by atoms with E-state index in [1.807, 2.05) is 37.3 Å². The quantitative estimate of drug-likeness (QED) is 0.453. The van der Waals surface area contributed by atoms with Crippen LogP contribution in [0.25, 0.3) is 28.1 Å². The SMILES string of the molecule is COc1ccc(-c2ccn(-c3cc(F)c(O)c(F)c3)c2-c2ccc(C(N)=O)cc2C)cc1. The Hall–Kier alpha value is -4.13. The lowest BCUT2D eigenvalue weighted by molar-refractivity contribution is 0.1000. The summed E-state index contributed by atoms with van der Waals surface area (Å²) in [5, 5.41) is 9.51. The lowest BCUT2D eigenvalue weighted by atomic mass is 9.96. The van der Waals surface area contributed by atoms with Crippen LogP contribution in [0.2, 0.25) is 0 Å². The van der Waals surface area contributed by atoms with Gasteiger partial charge < -0.3 is 20.1 Å². The topological polar surface area (TPSA) is 77.5 Å². The van der Waals surface area contributed by atoms with Gasteiger partial charge in [-0.25, -0.2) is 8.78 Å². The van der Waals surface area contributed by atoms with E-state index in [-0.39, 0.29) is 5.69 Å². The van der Waals surface area contributed by atoms with Crippen LogP contribution in [-0.4, -0.2) is 22.7 Å². The molecule has 162 valence electrons. The molecular formula is C25H20F2N2O3. The van der Waals surface area contributed by atoms with E-state index in [4.69, 9.17) is 10.5 Å². The molecule has 4 aromatic rings. The zero-order chi connectivity index (χ0) is 23.0. The molecule has 3 aromatic carbocycles. The second-order valence-corrected chi connectivity index (χ2v) is 7.33. The van der Waals surface area contributed by atoms with Gasteiger partial charge >= 0.3 is 0 Å². The number of primary amides is 1. The van der Waals surface area contributed by atoms with Gasteiger partial charge in [0.25, 0.3) is 0 Å². The van der Waals surface area contributed by atoms with Crippen molar-refractivity contribution >= 4 is 5.91 Å². The number of nitrogens with two attached hydrogens (primary N) is 1. The number of nitrogens with zero attached hydrogens (tertiary/aromatic N) is 1. The number of benzene rings is 3. The second kappa shape index (κ2) is 8.19. The Kier molecular flexibility index (Phi) is 5.40. The van der Waals surface area contributed by atoms with Crippen LogP contribution in [-0.2, 0) is 0 Å². The summed E-state index contributed by atoms with van der Waals surface area (Å²) in [6.07, 6.45) is 1.70. The number of amides is 1. The average Bonchev–Trinajstić information content (AvgIpc) is 3.21. The summed E-state index contributed by atoms with van der Waals surface area (Å²) in [5.41, 5.74) is 9.79. The lowest BCUT2D eigenvalue weighted by Crippen LogP contribution is -2.11. The van der Waals surface area contributed by atoms with Gasteiger partial charge in [-0.15, -0.1) is 0 Å². The number of carbonyl (C=O) groups is 1. The van der Waals surface area contributed by atoms with E-state index in [9.17, 15) is 18.7 Å². The van der Waals surface area contributed by atoms with Gasteiger partial charge in [0, 0.05) is 35.0 Å². The highest BCUT2D eigenvalue weighted by molar-refractivity contribution is 5.94. The van der Waals surface area contributed by atoms with Crippen LogP contribution in [0.15, 0.2) is 66.9 Å². The van der Waals surface area contributed by atoms with Crippen LogP contribution in [0.4, 0.5) is 8.78 Å². The van der Waals surface area contributed by atoms with Gasteiger partial charge in [0.05, 0.1) is 18.5 Å². The number of ether oxygens (including phenoxy) is 1. The first-order chi connectivity index (χ1) is 15.3. The number of aryl methyl sites for hydroxylation is 1. The molecule has 0 bridgehead atoms. The van der Waals surface area contributed by atoms with E-state index < -0.39 is 23.3 Å². The monoisotopic (exact) mass is 434 g/mol. The molecule has 7 heteroatoms. The van der Waals surface area contributed by atoms with Crippen molar-refractivity contribution in [3.63, 3.8) is 0 Å². The Morgan fingerprint density at radius 3 is 2.19 bits per heavy atom. The Morgan fingerprint density at radius 2 is 1.62 bits per heavy atom. The number of hydrogen-bond acceptors (Lipinski definition) is 3. The molecule has 0 aliphatic carbocycles. The minimum atomic E-state index is -1.06. The van der Waals surface area contributed by atoms with Gasteiger partial charge in [0.1, 0.15) is 5.75 Å². The molecule has 0 saturated carbocycles. The van der Waals surface area contributed by atoms with Crippen molar-refractivity contribution in [2.45, 2.75) is 6.92 Å². The van der Waals surface area contributed by atoms with Gasteiger partial charge in [-0.1, -0.05) is 18.2 Å². The predicted octanol–water partition coefficient (Wildman–Crippen LogP) is 5.21. The predicted molar refractivity (Wildman–Crippen MR) is 118 cm³/mol. The molecule has 4 rings (SSSR count). The summed E-state index contributed by atoms with van der Waals surface area (Å²) in [7, 11) is 1.58. The van der Waals surface area contributed by atoms with Crippen molar-refractivity contribution in [2.24, 2.45) is 5.73 Å². The molecular weight excluding hydrogens is 414 g/mol. The molecule has 32 heavy (non-hydrogen) atoms. The molecule has 3 N–H and O–H groups in total. The normalized spacial score (nSPS) is 10.9. The van der Waals surface area contributed by atoms with E-state index in [0.717, 1.165) is 34.4 Å². The number of hydrogen-bond donors (Lipinski definition) is 2. The van der Waals surface area contributed by atoms with E-state index in [2.05, 4.69) is 0 Å². The summed E-state index contributed by atoms with van der Waals surface area (Å²) in [6.45, 7) is 1.83. The fourth-order valence-electron chi connectivity index (χ4n) is 3.70. The van der Waals surface area contributed by atoms with Crippen LogP contribution in [0.3, 0.4) is 0 Å². The first kappa shape index (κ1) is 21.1. The van der Waals surface area contributed by atoms with Crippen LogP contribution in [0, 0.1) is 18.6 Å². The van der Waals surface area contributed by atoms with Gasteiger partial charge in [-0.2, -0.15) is 0 Å². The number of aromatic hydroxyl groups is 1. The second-order valence-electron chi connectivity index (χ2n) is 7.33. The van der Waals surface area contributed by atoms with Crippen molar-refractivity contribution in [2.75, 3.05) is 7.11 Å². The number of aromatic nitrogens is 1. The van der Waals surface area contributed by atoms with E-state index in [1.165, 1.54) is 0 Å². The first-order valence-corrected chi connectivity index (χ1v) is 9.75. The van der Waals surface area contributed by atoms with Gasteiger partial charge in [-0.05, 0) is 48.4 Å². The highest BCUT2D eigenvalue weighted by atomic mass is 19.1. The fraction of sp³-hybridized carbons (Fsp3) is 0.0800. The third-order valence-electron chi connectivity index (χ3n) is 5.33. The maximum Gasteiger partial charge on any atom is 0.248 e. The molecule has 0 saturated heterocycles. The maximum atomic E-state index is 14.1. The highest BCUT2D eigenvalue weighted by Gasteiger charge is 2.19. The molecule has 0 spiro atoms. The summed E-state index contributed by atoms with van der Waals surface area (Å²) in [5.74, 6) is -3.01. The minimum absolute atomic E-state index is 0.200. The van der Waals surface area contributed by atoms with Crippen LogP contribution in [0.5, 0.6) is 11.5 Å². The van der Waals surface area contributed by atoms with Crippen molar-refractivity contribution in [3.8, 4) is 39.6 Å². The molecule has 0 aliphatic heterocycles. The average molecular weight is 434 g/mol. The number of phenols is 1. The Bertz CT molecular complexity index is 1300. The summed E-state index contributed by atoms with van der Waals surface area (Å²) in [6, 6.07) is 16.4. The molecule has 0 fully saturated rings. The van der Waals surface area contributed by atoms with Crippen molar-refractivity contribution in [3.05, 3.63) is 89.6 Å². The molecule has 1 aromatic heterocycles. The summed E-state index contributed by atoms with van der Waals surface area (Å²) >= 11 is 0. The highest BCUT2D eigenvalue weighted by Crippen LogP contribution is 2.38. The van der Waals surface area contributed by atoms with Crippen molar-refractivity contribution in [1.29, 1.82) is 0 Å². The molecule has 0 unspecified atom stereocenters. The fourth-order valence-corrected chi connectivity index (χ4v) is 3.70. The van der Waals surface area contributed by atoms with Crippen LogP contribution < -0.4 is 10.5 Å². The van der Waals surface area contributed by atoms with Gasteiger partial charge in [0.15, 0.2) is 17.4 Å². The standard InChI is InChI=1S/C25H20F2N2O3/c1-14-11-16(25(28)31)5-8-19(14)23-20(15-3-6-18(32-2)7-4-15)9-10-29(23)17-12-21(26)24(30)22(27)13-17/h3-13,30H,1-2H3,(H2,28,31). The lowest BCUT2D eigenvalue weighted by Gasteiger charge is -2.16. The van der Waals surface area contributed by atoms with E-state index in [0.29, 0.717) is 17.0 Å². The van der Waals surface area contributed by atoms with E-state index in [1.54, 1.807) is 36.1 Å². The van der Waals surface area contributed by atoms with Crippen LogP contribution in [0.1, 0.15) is 15.9 Å². The number of rotatable bonds is 5. The largest absolute Gasteiger partial charge is 0.503 e. The van der Waals surface area contributed by atoms with E-state index >= 15 is 0 Å². The summed E-state index contributed by atoms with van der Waals surface area (Å²) < 4.78 is 35.1. The maximum absolute atomic E-state index is 14.1. The third kappa shape index (κ3) is 3.69. The third-order valence-corrected chi connectivity index (χ3v) is 5.33. The molecule has 5 nitrogen and oxygen atoms in total.